The Morgan fingerprint density at radius 1 is 1.35 bits per heavy atom. The van der Waals surface area contributed by atoms with E-state index in [1.54, 1.807) is 48.4 Å². The molecule has 0 aliphatic rings. The standard InChI is InChI=1S/C12H10N6O2/c1-8-6-11(20-17-8)14-12(19)9-2-3-10(16-15-9)18-5-4-13-7-18/h2-7H,1H3,(H,14,19). The number of anilines is 1. The number of imidazole rings is 1. The van der Waals surface area contributed by atoms with E-state index in [1.807, 2.05) is 0 Å². The van der Waals surface area contributed by atoms with Crippen LogP contribution in [0.3, 0.4) is 0 Å². The molecule has 0 bridgehead atoms. The van der Waals surface area contributed by atoms with Gasteiger partial charge in [0.1, 0.15) is 6.33 Å². The van der Waals surface area contributed by atoms with Crippen molar-refractivity contribution in [1.29, 1.82) is 0 Å². The summed E-state index contributed by atoms with van der Waals surface area (Å²) in [5.74, 6) is 0.438. The SMILES string of the molecule is Cc1cc(NC(=O)c2ccc(-n3ccnc3)nn2)on1. The van der Waals surface area contributed by atoms with E-state index in [-0.39, 0.29) is 11.6 Å². The van der Waals surface area contributed by atoms with E-state index in [0.29, 0.717) is 11.5 Å². The van der Waals surface area contributed by atoms with Gasteiger partial charge in [-0.3, -0.25) is 14.7 Å². The predicted molar refractivity (Wildman–Crippen MR) is 68.3 cm³/mol. The Balaban J connectivity index is 1.75. The van der Waals surface area contributed by atoms with Crippen molar-refractivity contribution < 1.29 is 9.32 Å². The molecule has 3 rings (SSSR count). The Bertz CT molecular complexity index is 717. The number of aromatic nitrogens is 5. The van der Waals surface area contributed by atoms with Gasteiger partial charge in [0.25, 0.3) is 5.91 Å². The second-order valence-electron chi connectivity index (χ2n) is 4.03. The van der Waals surface area contributed by atoms with Gasteiger partial charge in [-0.15, -0.1) is 10.2 Å². The lowest BCUT2D eigenvalue weighted by molar-refractivity contribution is 0.101. The van der Waals surface area contributed by atoms with Crippen LogP contribution in [0, 0.1) is 6.92 Å². The summed E-state index contributed by atoms with van der Waals surface area (Å²) in [6.07, 6.45) is 4.97. The van der Waals surface area contributed by atoms with Crippen molar-refractivity contribution in [2.45, 2.75) is 6.92 Å². The highest BCUT2D eigenvalue weighted by Crippen LogP contribution is 2.10. The summed E-state index contributed by atoms with van der Waals surface area (Å²) in [7, 11) is 0. The van der Waals surface area contributed by atoms with Gasteiger partial charge in [0.15, 0.2) is 11.5 Å². The van der Waals surface area contributed by atoms with E-state index in [1.165, 1.54) is 0 Å². The molecule has 100 valence electrons. The van der Waals surface area contributed by atoms with E-state index in [2.05, 4.69) is 25.7 Å². The number of carbonyl (C=O) groups excluding carboxylic acids is 1. The van der Waals surface area contributed by atoms with Crippen molar-refractivity contribution in [2.24, 2.45) is 0 Å². The lowest BCUT2D eigenvalue weighted by Crippen LogP contribution is -2.14. The number of rotatable bonds is 3. The second kappa shape index (κ2) is 4.92. The van der Waals surface area contributed by atoms with Crippen LogP contribution in [0.4, 0.5) is 5.88 Å². The monoisotopic (exact) mass is 270 g/mol. The second-order valence-corrected chi connectivity index (χ2v) is 4.03. The molecule has 8 heteroatoms. The van der Waals surface area contributed by atoms with Crippen molar-refractivity contribution in [3.05, 3.63) is 48.3 Å². The van der Waals surface area contributed by atoms with Crippen molar-refractivity contribution in [3.63, 3.8) is 0 Å². The smallest absolute Gasteiger partial charge is 0.278 e. The fourth-order valence-electron chi connectivity index (χ4n) is 1.58. The van der Waals surface area contributed by atoms with Crippen LogP contribution in [-0.4, -0.2) is 30.8 Å². The van der Waals surface area contributed by atoms with E-state index in [9.17, 15) is 4.79 Å². The normalized spacial score (nSPS) is 10.4. The van der Waals surface area contributed by atoms with Crippen LogP contribution >= 0.6 is 0 Å². The predicted octanol–water partition coefficient (Wildman–Crippen LogP) is 1.21. The quantitative estimate of drug-likeness (QED) is 0.768. The zero-order valence-corrected chi connectivity index (χ0v) is 10.5. The summed E-state index contributed by atoms with van der Waals surface area (Å²) >= 11 is 0. The minimum Gasteiger partial charge on any atom is -0.338 e. The highest BCUT2D eigenvalue weighted by atomic mass is 16.5. The number of nitrogens with zero attached hydrogens (tertiary/aromatic N) is 5. The molecule has 20 heavy (non-hydrogen) atoms. The number of hydrogen-bond donors (Lipinski definition) is 1. The van der Waals surface area contributed by atoms with Gasteiger partial charge in [0.2, 0.25) is 5.88 Å². The molecule has 3 aromatic rings. The molecule has 0 radical (unpaired) electrons. The average Bonchev–Trinajstić information content (AvgIpc) is 3.11. The van der Waals surface area contributed by atoms with E-state index in [0.717, 1.165) is 0 Å². The van der Waals surface area contributed by atoms with Crippen LogP contribution in [0.2, 0.25) is 0 Å². The first-order chi connectivity index (χ1) is 9.72. The Hall–Kier alpha value is -3.03. The molecule has 0 aromatic carbocycles. The summed E-state index contributed by atoms with van der Waals surface area (Å²) in [4.78, 5) is 15.8. The van der Waals surface area contributed by atoms with Crippen LogP contribution in [0.25, 0.3) is 5.82 Å². The molecule has 0 aliphatic heterocycles. The number of hydrogen-bond acceptors (Lipinski definition) is 6. The first-order valence-electron chi connectivity index (χ1n) is 5.79. The highest BCUT2D eigenvalue weighted by Gasteiger charge is 2.11. The molecule has 0 spiro atoms. The Labute approximate surface area is 113 Å². The first-order valence-corrected chi connectivity index (χ1v) is 5.79. The summed E-state index contributed by atoms with van der Waals surface area (Å²) in [6.45, 7) is 1.76. The molecule has 0 aliphatic carbocycles. The Morgan fingerprint density at radius 2 is 2.25 bits per heavy atom. The lowest BCUT2D eigenvalue weighted by atomic mass is 10.3. The Morgan fingerprint density at radius 3 is 2.85 bits per heavy atom. The molecule has 0 saturated heterocycles. The minimum absolute atomic E-state index is 0.183. The van der Waals surface area contributed by atoms with Gasteiger partial charge in [-0.1, -0.05) is 5.16 Å². The summed E-state index contributed by atoms with van der Waals surface area (Å²) in [5.41, 5.74) is 0.866. The zero-order chi connectivity index (χ0) is 13.9. The van der Waals surface area contributed by atoms with Crippen LogP contribution in [0.1, 0.15) is 16.2 Å². The zero-order valence-electron chi connectivity index (χ0n) is 10.5. The average molecular weight is 270 g/mol. The molecule has 0 saturated carbocycles. The van der Waals surface area contributed by atoms with E-state index < -0.39 is 5.91 Å². The molecule has 8 nitrogen and oxygen atoms in total. The largest absolute Gasteiger partial charge is 0.338 e. The van der Waals surface area contributed by atoms with Gasteiger partial charge in [-0.2, -0.15) is 0 Å². The van der Waals surface area contributed by atoms with E-state index >= 15 is 0 Å². The molecule has 0 atom stereocenters. The topological polar surface area (TPSA) is 98.7 Å². The first kappa shape index (κ1) is 12.0. The molecular weight excluding hydrogens is 260 g/mol. The van der Waals surface area contributed by atoms with Crippen molar-refractivity contribution in [1.82, 2.24) is 24.9 Å². The number of amides is 1. The van der Waals surface area contributed by atoms with Crippen LogP contribution < -0.4 is 5.32 Å². The molecule has 1 amide bonds. The van der Waals surface area contributed by atoms with Crippen LogP contribution in [0.15, 0.2) is 41.4 Å². The maximum absolute atomic E-state index is 11.9. The number of nitrogens with one attached hydrogen (secondary N) is 1. The number of carbonyl (C=O) groups is 1. The molecule has 3 heterocycles. The third-order valence-electron chi connectivity index (χ3n) is 2.52. The number of aryl methyl sites for hydroxylation is 1. The van der Waals surface area contributed by atoms with Crippen molar-refractivity contribution >= 4 is 11.8 Å². The molecule has 0 fully saturated rings. The van der Waals surface area contributed by atoms with Gasteiger partial charge in [-0.05, 0) is 19.1 Å². The highest BCUT2D eigenvalue weighted by molar-refractivity contribution is 6.01. The lowest BCUT2D eigenvalue weighted by Gasteiger charge is -2.02. The molecule has 3 aromatic heterocycles. The Kier molecular flexibility index (Phi) is 2.96. The fourth-order valence-corrected chi connectivity index (χ4v) is 1.58. The molecule has 1 N–H and O–H groups in total. The van der Waals surface area contributed by atoms with Gasteiger partial charge < -0.3 is 4.52 Å². The van der Waals surface area contributed by atoms with Gasteiger partial charge in [0, 0.05) is 18.5 Å². The van der Waals surface area contributed by atoms with Gasteiger partial charge in [0.05, 0.1) is 5.69 Å². The van der Waals surface area contributed by atoms with E-state index in [4.69, 9.17) is 4.52 Å². The maximum Gasteiger partial charge on any atom is 0.278 e. The molecule has 0 unspecified atom stereocenters. The van der Waals surface area contributed by atoms with Gasteiger partial charge >= 0.3 is 0 Å². The fraction of sp³-hybridized carbons (Fsp3) is 0.0833. The van der Waals surface area contributed by atoms with Crippen LogP contribution in [-0.2, 0) is 0 Å². The third-order valence-corrected chi connectivity index (χ3v) is 2.52. The summed E-state index contributed by atoms with van der Waals surface area (Å²) in [6, 6.07) is 4.86. The van der Waals surface area contributed by atoms with Gasteiger partial charge in [-0.25, -0.2) is 4.98 Å². The molecular formula is C12H10N6O2. The maximum atomic E-state index is 11.9. The van der Waals surface area contributed by atoms with Crippen molar-refractivity contribution in [2.75, 3.05) is 5.32 Å². The minimum atomic E-state index is -0.411. The third kappa shape index (κ3) is 2.39. The summed E-state index contributed by atoms with van der Waals surface area (Å²) < 4.78 is 6.59. The van der Waals surface area contributed by atoms with Crippen LogP contribution in [0.5, 0.6) is 0 Å². The van der Waals surface area contributed by atoms with Crippen molar-refractivity contribution in [3.8, 4) is 5.82 Å². The summed E-state index contributed by atoms with van der Waals surface area (Å²) in [5, 5.41) is 14.0.